The molecule has 0 radical (unpaired) electrons. The number of nitrogens with zero attached hydrogens (tertiary/aromatic N) is 1. The van der Waals surface area contributed by atoms with Crippen LogP contribution >= 0.6 is 0 Å². The maximum Gasteiger partial charge on any atom is 0.230 e. The average molecular weight is 276 g/mol. The molecule has 1 aliphatic carbocycles. The maximum atomic E-state index is 12.4. The van der Waals surface area contributed by atoms with E-state index in [2.05, 4.69) is 5.32 Å². The molecular weight excluding hydrogens is 252 g/mol. The highest BCUT2D eigenvalue weighted by molar-refractivity contribution is 5.91. The van der Waals surface area contributed by atoms with Gasteiger partial charge in [0.25, 0.3) is 0 Å². The van der Waals surface area contributed by atoms with Crippen LogP contribution in [0.1, 0.15) is 24.0 Å². The predicted octanol–water partition coefficient (Wildman–Crippen LogP) is 1.07. The Morgan fingerprint density at radius 3 is 2.45 bits per heavy atom. The van der Waals surface area contributed by atoms with E-state index in [1.165, 1.54) is 5.56 Å². The van der Waals surface area contributed by atoms with Crippen molar-refractivity contribution in [1.82, 2.24) is 10.2 Å². The number of hydrogen-bond acceptors (Lipinski definition) is 3. The number of carbonyl (C=O) groups is 1. The maximum absolute atomic E-state index is 12.4. The summed E-state index contributed by atoms with van der Waals surface area (Å²) in [5.74, 6) is 0.0409. The fourth-order valence-corrected chi connectivity index (χ4v) is 2.51. The van der Waals surface area contributed by atoms with Crippen molar-refractivity contribution in [2.24, 2.45) is 0 Å². The molecular formula is C16H24N2O2. The lowest BCUT2D eigenvalue weighted by atomic mass is 9.94. The Labute approximate surface area is 120 Å². The molecule has 1 fully saturated rings. The van der Waals surface area contributed by atoms with E-state index in [4.69, 9.17) is 0 Å². The van der Waals surface area contributed by atoms with Crippen LogP contribution in [0.5, 0.6) is 0 Å². The molecule has 2 N–H and O–H groups in total. The van der Waals surface area contributed by atoms with E-state index < -0.39 is 6.10 Å². The van der Waals surface area contributed by atoms with Gasteiger partial charge in [-0.15, -0.1) is 0 Å². The Balaban J connectivity index is 1.93. The van der Waals surface area contributed by atoms with E-state index >= 15 is 0 Å². The van der Waals surface area contributed by atoms with Crippen molar-refractivity contribution in [2.45, 2.75) is 31.3 Å². The second kappa shape index (κ2) is 5.94. The minimum absolute atomic E-state index is 0.0409. The van der Waals surface area contributed by atoms with E-state index in [1.54, 1.807) is 0 Å². The van der Waals surface area contributed by atoms with E-state index in [0.29, 0.717) is 13.1 Å². The largest absolute Gasteiger partial charge is 0.390 e. The predicted molar refractivity (Wildman–Crippen MR) is 79.7 cm³/mol. The van der Waals surface area contributed by atoms with Crippen LogP contribution in [-0.4, -0.2) is 49.2 Å². The van der Waals surface area contributed by atoms with Crippen molar-refractivity contribution >= 4 is 5.91 Å². The lowest BCUT2D eigenvalue weighted by Crippen LogP contribution is -2.42. The van der Waals surface area contributed by atoms with Gasteiger partial charge < -0.3 is 15.3 Å². The van der Waals surface area contributed by atoms with Gasteiger partial charge in [0.2, 0.25) is 5.91 Å². The number of hydrogen-bond donors (Lipinski definition) is 2. The van der Waals surface area contributed by atoms with Crippen molar-refractivity contribution in [2.75, 3.05) is 27.2 Å². The first-order chi connectivity index (χ1) is 9.44. The summed E-state index contributed by atoms with van der Waals surface area (Å²) in [6, 6.07) is 8.17. The van der Waals surface area contributed by atoms with Crippen LogP contribution in [0.3, 0.4) is 0 Å². The first kappa shape index (κ1) is 15.0. The van der Waals surface area contributed by atoms with Crippen molar-refractivity contribution in [3.8, 4) is 0 Å². The molecule has 20 heavy (non-hydrogen) atoms. The molecule has 4 heteroatoms. The number of benzene rings is 1. The van der Waals surface area contributed by atoms with E-state index in [9.17, 15) is 9.90 Å². The van der Waals surface area contributed by atoms with Crippen LogP contribution in [0.2, 0.25) is 0 Å². The number of amides is 1. The minimum Gasteiger partial charge on any atom is -0.390 e. The quantitative estimate of drug-likeness (QED) is 0.817. The highest BCUT2D eigenvalue weighted by Gasteiger charge is 2.51. The Kier molecular flexibility index (Phi) is 4.45. The minimum atomic E-state index is -0.525. The van der Waals surface area contributed by atoms with Gasteiger partial charge in [0, 0.05) is 13.1 Å². The highest BCUT2D eigenvalue weighted by atomic mass is 16.3. The van der Waals surface area contributed by atoms with E-state index in [-0.39, 0.29) is 11.3 Å². The van der Waals surface area contributed by atoms with E-state index in [1.807, 2.05) is 50.2 Å². The molecule has 110 valence electrons. The number of aliphatic hydroxyl groups is 1. The summed E-state index contributed by atoms with van der Waals surface area (Å²) in [7, 11) is 3.81. The Bertz CT molecular complexity index is 464. The Hall–Kier alpha value is -1.39. The van der Waals surface area contributed by atoms with Crippen molar-refractivity contribution in [3.63, 3.8) is 0 Å². The summed E-state index contributed by atoms with van der Waals surface area (Å²) in [5, 5.41) is 12.7. The molecule has 1 aliphatic rings. The highest BCUT2D eigenvalue weighted by Crippen LogP contribution is 2.48. The van der Waals surface area contributed by atoms with Crippen molar-refractivity contribution in [1.29, 1.82) is 0 Å². The molecule has 0 aromatic heterocycles. The van der Waals surface area contributed by atoms with Gasteiger partial charge in [-0.05, 0) is 39.4 Å². The Morgan fingerprint density at radius 1 is 1.35 bits per heavy atom. The van der Waals surface area contributed by atoms with Crippen LogP contribution in [0, 0.1) is 6.92 Å². The van der Waals surface area contributed by atoms with Crippen LogP contribution in [0.4, 0.5) is 0 Å². The van der Waals surface area contributed by atoms with Gasteiger partial charge in [-0.3, -0.25) is 4.79 Å². The molecule has 1 saturated carbocycles. The second-order valence-corrected chi connectivity index (χ2v) is 6.07. The monoisotopic (exact) mass is 276 g/mol. The SMILES string of the molecule is Cc1ccc(C2(C(=O)NCC(O)CN(C)C)CC2)cc1. The lowest BCUT2D eigenvalue weighted by molar-refractivity contribution is -0.124. The molecule has 1 aromatic carbocycles. The van der Waals surface area contributed by atoms with Gasteiger partial charge in [0.05, 0.1) is 11.5 Å². The van der Waals surface area contributed by atoms with Crippen molar-refractivity contribution < 1.29 is 9.90 Å². The normalized spacial score (nSPS) is 17.9. The molecule has 1 unspecified atom stereocenters. The number of likely N-dealkylation sites (N-methyl/N-ethyl adjacent to an activating group) is 1. The number of aliphatic hydroxyl groups excluding tert-OH is 1. The number of carbonyl (C=O) groups excluding carboxylic acids is 1. The summed E-state index contributed by atoms with van der Waals surface area (Å²) in [4.78, 5) is 14.3. The first-order valence-corrected chi connectivity index (χ1v) is 7.12. The third-order valence-electron chi connectivity index (χ3n) is 3.86. The fraction of sp³-hybridized carbons (Fsp3) is 0.562. The van der Waals surface area contributed by atoms with Gasteiger partial charge in [-0.1, -0.05) is 29.8 Å². The number of nitrogens with one attached hydrogen (secondary N) is 1. The molecule has 0 spiro atoms. The third kappa shape index (κ3) is 3.38. The fourth-order valence-electron chi connectivity index (χ4n) is 2.51. The van der Waals surface area contributed by atoms with Crippen LogP contribution in [0.25, 0.3) is 0 Å². The second-order valence-electron chi connectivity index (χ2n) is 6.07. The summed E-state index contributed by atoms with van der Waals surface area (Å²) in [5.41, 5.74) is 1.93. The zero-order chi connectivity index (χ0) is 14.8. The van der Waals surface area contributed by atoms with Gasteiger partial charge in [0.1, 0.15) is 0 Å². The molecule has 1 atom stereocenters. The summed E-state index contributed by atoms with van der Waals surface area (Å²) in [6.07, 6.45) is 1.26. The summed E-state index contributed by atoms with van der Waals surface area (Å²) in [6.45, 7) is 2.91. The molecule has 0 aliphatic heterocycles. The molecule has 0 saturated heterocycles. The number of aryl methyl sites for hydroxylation is 1. The molecule has 1 aromatic rings. The van der Waals surface area contributed by atoms with Crippen LogP contribution in [-0.2, 0) is 10.2 Å². The van der Waals surface area contributed by atoms with Gasteiger partial charge in [-0.2, -0.15) is 0 Å². The lowest BCUT2D eigenvalue weighted by Gasteiger charge is -2.20. The summed E-state index contributed by atoms with van der Waals surface area (Å²) >= 11 is 0. The van der Waals surface area contributed by atoms with Gasteiger partial charge in [-0.25, -0.2) is 0 Å². The van der Waals surface area contributed by atoms with Crippen molar-refractivity contribution in [3.05, 3.63) is 35.4 Å². The first-order valence-electron chi connectivity index (χ1n) is 7.12. The molecule has 0 heterocycles. The molecule has 2 rings (SSSR count). The zero-order valence-corrected chi connectivity index (χ0v) is 12.5. The third-order valence-corrected chi connectivity index (χ3v) is 3.86. The molecule has 4 nitrogen and oxygen atoms in total. The zero-order valence-electron chi connectivity index (χ0n) is 12.5. The average Bonchev–Trinajstić information content (AvgIpc) is 3.17. The van der Waals surface area contributed by atoms with Gasteiger partial charge >= 0.3 is 0 Å². The summed E-state index contributed by atoms with van der Waals surface area (Å²) < 4.78 is 0. The molecule has 0 bridgehead atoms. The Morgan fingerprint density at radius 2 is 1.95 bits per heavy atom. The van der Waals surface area contributed by atoms with E-state index in [0.717, 1.165) is 18.4 Å². The van der Waals surface area contributed by atoms with Crippen LogP contribution in [0.15, 0.2) is 24.3 Å². The van der Waals surface area contributed by atoms with Crippen LogP contribution < -0.4 is 5.32 Å². The van der Waals surface area contributed by atoms with Gasteiger partial charge in [0.15, 0.2) is 0 Å². The smallest absolute Gasteiger partial charge is 0.230 e. The standard InChI is InChI=1S/C16H24N2O2/c1-12-4-6-13(7-5-12)16(8-9-16)15(20)17-10-14(19)11-18(2)3/h4-7,14,19H,8-11H2,1-3H3,(H,17,20). The number of rotatable bonds is 6. The molecule has 1 amide bonds. The topological polar surface area (TPSA) is 52.6 Å².